The van der Waals surface area contributed by atoms with Crippen LogP contribution in [-0.4, -0.2) is 52.6 Å². The van der Waals surface area contributed by atoms with E-state index in [4.69, 9.17) is 14.2 Å². The third kappa shape index (κ3) is 3.14. The van der Waals surface area contributed by atoms with E-state index in [1.807, 2.05) is 0 Å². The van der Waals surface area contributed by atoms with Gasteiger partial charge in [-0.25, -0.2) is 8.42 Å². The van der Waals surface area contributed by atoms with Gasteiger partial charge in [0.25, 0.3) is 0 Å². The van der Waals surface area contributed by atoms with Crippen LogP contribution in [0.2, 0.25) is 0 Å². The number of ether oxygens (including phenoxy) is 3. The molecule has 0 aromatic heterocycles. The van der Waals surface area contributed by atoms with Crippen molar-refractivity contribution >= 4 is 9.84 Å². The normalized spacial score (nSPS) is 27.5. The van der Waals surface area contributed by atoms with Crippen molar-refractivity contribution < 1.29 is 22.6 Å². The Labute approximate surface area is 90.6 Å². The molecule has 0 aromatic rings. The Morgan fingerprint density at radius 2 is 2.00 bits per heavy atom. The summed E-state index contributed by atoms with van der Waals surface area (Å²) in [5, 5.41) is -0.426. The second kappa shape index (κ2) is 5.25. The summed E-state index contributed by atoms with van der Waals surface area (Å²) in [4.78, 5) is 0. The van der Waals surface area contributed by atoms with E-state index in [0.717, 1.165) is 0 Å². The molecule has 2 atom stereocenters. The van der Waals surface area contributed by atoms with Crippen LogP contribution in [0.5, 0.6) is 0 Å². The fourth-order valence-corrected chi connectivity index (χ4v) is 3.75. The van der Waals surface area contributed by atoms with Crippen LogP contribution in [0.25, 0.3) is 0 Å². The number of rotatable bonds is 5. The third-order valence-electron chi connectivity index (χ3n) is 2.66. The minimum atomic E-state index is -3.21. The Morgan fingerprint density at radius 1 is 1.40 bits per heavy atom. The molecule has 0 saturated carbocycles. The van der Waals surface area contributed by atoms with Gasteiger partial charge in [-0.2, -0.15) is 0 Å². The van der Waals surface area contributed by atoms with Gasteiger partial charge in [-0.05, 0) is 13.3 Å². The van der Waals surface area contributed by atoms with Gasteiger partial charge in [0, 0.05) is 20.8 Å². The van der Waals surface area contributed by atoms with Gasteiger partial charge in [-0.3, -0.25) is 0 Å². The summed E-state index contributed by atoms with van der Waals surface area (Å²) >= 11 is 0. The van der Waals surface area contributed by atoms with Gasteiger partial charge < -0.3 is 14.2 Å². The summed E-state index contributed by atoms with van der Waals surface area (Å²) in [5.41, 5.74) is 0. The van der Waals surface area contributed by atoms with Gasteiger partial charge >= 0.3 is 0 Å². The Kier molecular flexibility index (Phi) is 4.51. The van der Waals surface area contributed by atoms with E-state index in [1.54, 1.807) is 6.92 Å². The van der Waals surface area contributed by atoms with Gasteiger partial charge in [-0.15, -0.1) is 0 Å². The largest absolute Gasteiger partial charge is 0.377 e. The van der Waals surface area contributed by atoms with Crippen LogP contribution >= 0.6 is 0 Å². The lowest BCUT2D eigenvalue weighted by Gasteiger charge is -2.18. The molecular weight excluding hydrogens is 220 g/mol. The first-order chi connectivity index (χ1) is 7.01. The fourth-order valence-electron chi connectivity index (χ4n) is 1.73. The van der Waals surface area contributed by atoms with E-state index in [9.17, 15) is 8.42 Å². The Morgan fingerprint density at radius 3 is 2.40 bits per heavy atom. The molecule has 90 valence electrons. The Bertz CT molecular complexity index is 283. The van der Waals surface area contributed by atoms with Crippen molar-refractivity contribution in [2.24, 2.45) is 0 Å². The second-order valence-electron chi connectivity index (χ2n) is 3.63. The molecule has 0 aliphatic carbocycles. The maximum absolute atomic E-state index is 11.9. The highest BCUT2D eigenvalue weighted by molar-refractivity contribution is 7.92. The average molecular weight is 238 g/mol. The summed E-state index contributed by atoms with van der Waals surface area (Å²) < 4.78 is 38.9. The van der Waals surface area contributed by atoms with E-state index in [-0.39, 0.29) is 11.9 Å². The van der Waals surface area contributed by atoms with Crippen LogP contribution < -0.4 is 0 Å². The molecule has 6 heteroatoms. The summed E-state index contributed by atoms with van der Waals surface area (Å²) in [7, 11) is -0.350. The first-order valence-corrected chi connectivity index (χ1v) is 6.61. The van der Waals surface area contributed by atoms with Crippen molar-refractivity contribution in [1.29, 1.82) is 0 Å². The number of methoxy groups -OCH3 is 2. The Balaban J connectivity index is 2.66. The van der Waals surface area contributed by atoms with Gasteiger partial charge in [-0.1, -0.05) is 0 Å². The van der Waals surface area contributed by atoms with E-state index in [2.05, 4.69) is 0 Å². The first-order valence-electron chi connectivity index (χ1n) is 4.90. The molecule has 1 aliphatic heterocycles. The molecule has 15 heavy (non-hydrogen) atoms. The number of sulfone groups is 1. The van der Waals surface area contributed by atoms with Gasteiger partial charge in [0.15, 0.2) is 16.1 Å². The lowest BCUT2D eigenvalue weighted by atomic mass is 10.3. The third-order valence-corrected chi connectivity index (χ3v) is 4.94. The molecule has 0 N–H and O–H groups in total. The molecule has 0 radical (unpaired) electrons. The molecule has 1 aliphatic rings. The zero-order chi connectivity index (χ0) is 11.5. The summed E-state index contributed by atoms with van der Waals surface area (Å²) in [6, 6.07) is 0. The maximum Gasteiger partial charge on any atom is 0.170 e. The lowest BCUT2D eigenvalue weighted by molar-refractivity contribution is -0.0853. The van der Waals surface area contributed by atoms with Crippen molar-refractivity contribution in [1.82, 2.24) is 0 Å². The SMILES string of the molecule is COC(CS(=O)(=O)C1CCOC1C)OC. The fraction of sp³-hybridized carbons (Fsp3) is 1.00. The molecule has 1 heterocycles. The molecule has 0 amide bonds. The van der Waals surface area contributed by atoms with Crippen molar-refractivity contribution in [3.63, 3.8) is 0 Å². The van der Waals surface area contributed by atoms with Crippen molar-refractivity contribution in [3.05, 3.63) is 0 Å². The van der Waals surface area contributed by atoms with Crippen LogP contribution in [-0.2, 0) is 24.0 Å². The molecule has 1 saturated heterocycles. The number of hydrogen-bond donors (Lipinski definition) is 0. The predicted molar refractivity (Wildman–Crippen MR) is 55.4 cm³/mol. The quantitative estimate of drug-likeness (QED) is 0.640. The topological polar surface area (TPSA) is 61.8 Å². The van der Waals surface area contributed by atoms with Crippen molar-refractivity contribution in [2.45, 2.75) is 31.0 Å². The molecule has 1 rings (SSSR count). The smallest absolute Gasteiger partial charge is 0.170 e. The molecule has 0 spiro atoms. The molecule has 0 bridgehead atoms. The Hall–Kier alpha value is -0.170. The minimum Gasteiger partial charge on any atom is -0.377 e. The van der Waals surface area contributed by atoms with E-state index >= 15 is 0 Å². The monoisotopic (exact) mass is 238 g/mol. The summed E-state index contributed by atoms with van der Waals surface area (Å²) in [5.74, 6) is -0.113. The zero-order valence-electron chi connectivity index (χ0n) is 9.30. The van der Waals surface area contributed by atoms with Crippen molar-refractivity contribution in [2.75, 3.05) is 26.6 Å². The maximum atomic E-state index is 11.9. The average Bonchev–Trinajstić information content (AvgIpc) is 2.61. The van der Waals surface area contributed by atoms with Gasteiger partial charge in [0.05, 0.1) is 11.4 Å². The molecule has 0 aromatic carbocycles. The molecular formula is C9H18O5S. The standard InChI is InChI=1S/C9H18O5S/c1-7-8(4-5-14-7)15(10,11)6-9(12-2)13-3/h7-9H,4-6H2,1-3H3. The molecule has 1 fully saturated rings. The lowest BCUT2D eigenvalue weighted by Crippen LogP contribution is -2.35. The highest BCUT2D eigenvalue weighted by Gasteiger charge is 2.37. The summed E-state index contributed by atoms with van der Waals surface area (Å²) in [6.07, 6.45) is -0.365. The van der Waals surface area contributed by atoms with Crippen LogP contribution in [0.15, 0.2) is 0 Å². The van der Waals surface area contributed by atoms with Gasteiger partial charge in [0.2, 0.25) is 0 Å². The molecule has 2 unspecified atom stereocenters. The predicted octanol–water partition coefficient (Wildman–Crippen LogP) is 0.198. The minimum absolute atomic E-state index is 0.113. The molecule has 5 nitrogen and oxygen atoms in total. The zero-order valence-corrected chi connectivity index (χ0v) is 10.1. The number of hydrogen-bond acceptors (Lipinski definition) is 5. The second-order valence-corrected chi connectivity index (χ2v) is 5.90. The van der Waals surface area contributed by atoms with E-state index in [1.165, 1.54) is 14.2 Å². The van der Waals surface area contributed by atoms with Crippen LogP contribution in [0, 0.1) is 0 Å². The highest BCUT2D eigenvalue weighted by atomic mass is 32.2. The van der Waals surface area contributed by atoms with Crippen LogP contribution in [0.3, 0.4) is 0 Å². The van der Waals surface area contributed by atoms with Gasteiger partial charge in [0.1, 0.15) is 5.75 Å². The summed E-state index contributed by atoms with van der Waals surface area (Å²) in [6.45, 7) is 2.29. The van der Waals surface area contributed by atoms with Crippen LogP contribution in [0.1, 0.15) is 13.3 Å². The van der Waals surface area contributed by atoms with E-state index < -0.39 is 21.4 Å². The first kappa shape index (κ1) is 12.9. The highest BCUT2D eigenvalue weighted by Crippen LogP contribution is 2.22. The van der Waals surface area contributed by atoms with Crippen molar-refractivity contribution in [3.8, 4) is 0 Å². The van der Waals surface area contributed by atoms with Crippen LogP contribution in [0.4, 0.5) is 0 Å². The van der Waals surface area contributed by atoms with E-state index in [0.29, 0.717) is 13.0 Å².